The van der Waals surface area contributed by atoms with Gasteiger partial charge in [0.2, 0.25) is 5.88 Å². The lowest BCUT2D eigenvalue weighted by molar-refractivity contribution is -0.140. The Balaban J connectivity index is 2.63. The van der Waals surface area contributed by atoms with Crippen molar-refractivity contribution >= 4 is 17.9 Å². The normalized spacial score (nSPS) is 15.9. The molecule has 0 aliphatic carbocycles. The minimum Gasteiger partial charge on any atom is -0.494 e. The average molecular weight is 392 g/mol. The van der Waals surface area contributed by atoms with Crippen molar-refractivity contribution in [2.75, 3.05) is 6.54 Å². The van der Waals surface area contributed by atoms with Crippen LogP contribution in [0.25, 0.3) is 6.08 Å². The lowest BCUT2D eigenvalue weighted by Gasteiger charge is -2.25. The van der Waals surface area contributed by atoms with E-state index in [1.807, 2.05) is 12.1 Å². The van der Waals surface area contributed by atoms with Crippen LogP contribution in [0.4, 0.5) is 0 Å². The highest BCUT2D eigenvalue weighted by atomic mass is 16.3. The molecule has 1 aromatic heterocycles. The van der Waals surface area contributed by atoms with Crippen LogP contribution in [-0.2, 0) is 16.1 Å². The van der Waals surface area contributed by atoms with Crippen molar-refractivity contribution in [3.05, 3.63) is 55.9 Å². The lowest BCUT2D eigenvalue weighted by Crippen LogP contribution is -2.42. The van der Waals surface area contributed by atoms with E-state index in [1.54, 1.807) is 20.8 Å². The first-order valence-electron chi connectivity index (χ1n) is 8.97. The monoisotopic (exact) mass is 392 g/mol. The summed E-state index contributed by atoms with van der Waals surface area (Å²) in [6.07, 6.45) is 4.39. The third-order valence-corrected chi connectivity index (χ3v) is 4.83. The van der Waals surface area contributed by atoms with Gasteiger partial charge in [-0.1, -0.05) is 6.08 Å². The molecule has 1 aliphatic heterocycles. The predicted octanol–water partition coefficient (Wildman–Crippen LogP) is 1.92. The Kier molecular flexibility index (Phi) is 6.20. The highest BCUT2D eigenvalue weighted by Gasteiger charge is 2.34. The first-order valence-corrected chi connectivity index (χ1v) is 8.97. The molecule has 0 fully saturated rings. The number of nitriles is 2. The standard InChI is InChI=1S/C21H20N4O4/c1-5-24-18(26)14(12(3)16(10-22)20(24)28)8-7-9-15-13(4)17(11-23)21(29)25(6-2)19(15)27/h7-9,26H,5-6H2,1-4H3/b8-7?,15-9-. The Morgan fingerprint density at radius 3 is 2.21 bits per heavy atom. The van der Waals surface area contributed by atoms with Gasteiger partial charge in [-0.2, -0.15) is 10.5 Å². The van der Waals surface area contributed by atoms with Crippen LogP contribution in [-0.4, -0.2) is 32.9 Å². The van der Waals surface area contributed by atoms with Crippen LogP contribution in [0.2, 0.25) is 0 Å². The third kappa shape index (κ3) is 3.48. The number of aromatic hydroxyl groups is 1. The van der Waals surface area contributed by atoms with Gasteiger partial charge in [0, 0.05) is 24.2 Å². The largest absolute Gasteiger partial charge is 0.494 e. The van der Waals surface area contributed by atoms with Crippen LogP contribution < -0.4 is 5.56 Å². The van der Waals surface area contributed by atoms with Gasteiger partial charge < -0.3 is 5.11 Å². The van der Waals surface area contributed by atoms with Gasteiger partial charge in [0.1, 0.15) is 23.3 Å². The molecule has 2 amide bonds. The Morgan fingerprint density at radius 1 is 1.03 bits per heavy atom. The molecular formula is C21H20N4O4. The number of rotatable bonds is 4. The zero-order chi connectivity index (χ0) is 21.9. The van der Waals surface area contributed by atoms with E-state index in [-0.39, 0.29) is 46.8 Å². The molecule has 0 radical (unpaired) electrons. The summed E-state index contributed by atoms with van der Waals surface area (Å²) in [6.45, 7) is 6.69. The summed E-state index contributed by atoms with van der Waals surface area (Å²) in [5.74, 6) is -1.43. The number of amides is 2. The quantitative estimate of drug-likeness (QED) is 0.616. The number of hydrogen-bond acceptors (Lipinski definition) is 6. The topological polar surface area (TPSA) is 127 Å². The van der Waals surface area contributed by atoms with Crippen LogP contribution in [0, 0.1) is 29.6 Å². The maximum Gasteiger partial charge on any atom is 0.271 e. The van der Waals surface area contributed by atoms with E-state index in [9.17, 15) is 30.0 Å². The first kappa shape index (κ1) is 21.4. The summed E-state index contributed by atoms with van der Waals surface area (Å²) in [4.78, 5) is 38.0. The van der Waals surface area contributed by atoms with E-state index in [1.165, 1.54) is 25.2 Å². The number of nitrogens with zero attached hydrogens (tertiary/aromatic N) is 4. The van der Waals surface area contributed by atoms with Crippen molar-refractivity contribution in [3.63, 3.8) is 0 Å². The summed E-state index contributed by atoms with van der Waals surface area (Å²) in [5, 5.41) is 28.9. The van der Waals surface area contributed by atoms with Crippen molar-refractivity contribution in [1.29, 1.82) is 10.5 Å². The van der Waals surface area contributed by atoms with Gasteiger partial charge in [-0.15, -0.1) is 0 Å². The number of pyridine rings is 1. The number of hydrogen-bond donors (Lipinski definition) is 1. The fourth-order valence-corrected chi connectivity index (χ4v) is 3.15. The summed E-state index contributed by atoms with van der Waals surface area (Å²) in [5.41, 5.74) is 0.299. The van der Waals surface area contributed by atoms with Crippen molar-refractivity contribution < 1.29 is 14.7 Å². The number of allylic oxidation sites excluding steroid dienone is 2. The molecule has 0 unspecified atom stereocenters. The van der Waals surface area contributed by atoms with Crippen LogP contribution >= 0.6 is 0 Å². The van der Waals surface area contributed by atoms with Gasteiger partial charge >= 0.3 is 0 Å². The predicted molar refractivity (Wildman–Crippen MR) is 105 cm³/mol. The van der Waals surface area contributed by atoms with Gasteiger partial charge in [-0.25, -0.2) is 0 Å². The number of imide groups is 1. The second kappa shape index (κ2) is 8.41. The van der Waals surface area contributed by atoms with E-state index in [4.69, 9.17) is 0 Å². The van der Waals surface area contributed by atoms with Crippen LogP contribution in [0.3, 0.4) is 0 Å². The Bertz CT molecular complexity index is 1140. The van der Waals surface area contributed by atoms with Gasteiger partial charge in [0.15, 0.2) is 0 Å². The Hall–Kier alpha value is -3.91. The molecule has 1 aliphatic rings. The molecule has 2 heterocycles. The molecular weight excluding hydrogens is 372 g/mol. The minimum atomic E-state index is -0.624. The lowest BCUT2D eigenvalue weighted by atomic mass is 9.95. The van der Waals surface area contributed by atoms with Gasteiger partial charge in [-0.05, 0) is 51.0 Å². The van der Waals surface area contributed by atoms with E-state index in [0.717, 1.165) is 9.47 Å². The number of likely N-dealkylation sites (N-methyl/N-ethyl adjacent to an activating group) is 1. The van der Waals surface area contributed by atoms with Gasteiger partial charge in [0.05, 0.1) is 0 Å². The molecule has 8 nitrogen and oxygen atoms in total. The third-order valence-electron chi connectivity index (χ3n) is 4.83. The molecule has 0 bridgehead atoms. The smallest absolute Gasteiger partial charge is 0.271 e. The van der Waals surface area contributed by atoms with Crippen molar-refractivity contribution in [2.45, 2.75) is 34.2 Å². The van der Waals surface area contributed by atoms with Gasteiger partial charge in [-0.3, -0.25) is 23.9 Å². The van der Waals surface area contributed by atoms with E-state index in [0.29, 0.717) is 5.56 Å². The molecule has 0 atom stereocenters. The highest BCUT2D eigenvalue weighted by Crippen LogP contribution is 2.26. The molecule has 8 heteroatoms. The molecule has 1 aromatic rings. The van der Waals surface area contributed by atoms with Crippen molar-refractivity contribution in [2.24, 2.45) is 0 Å². The molecule has 2 rings (SSSR count). The number of carbonyl (C=O) groups excluding carboxylic acids is 2. The molecule has 0 saturated carbocycles. The SMILES string of the molecule is CCN1C(=O)C(C#N)=C(C)/C(=C/C=Cc2c(C)c(C#N)c(=O)n(CC)c2O)C1=O. The minimum absolute atomic E-state index is 0.0729. The van der Waals surface area contributed by atoms with Crippen LogP contribution in [0.1, 0.15) is 37.5 Å². The maximum absolute atomic E-state index is 12.6. The highest BCUT2D eigenvalue weighted by molar-refractivity contribution is 6.18. The van der Waals surface area contributed by atoms with Crippen LogP contribution in [0.15, 0.2) is 33.7 Å². The molecule has 29 heavy (non-hydrogen) atoms. The summed E-state index contributed by atoms with van der Waals surface area (Å²) in [6, 6.07) is 3.69. The second-order valence-electron chi connectivity index (χ2n) is 6.30. The average Bonchev–Trinajstić information content (AvgIpc) is 2.68. The van der Waals surface area contributed by atoms with Gasteiger partial charge in [0.25, 0.3) is 17.4 Å². The first-order chi connectivity index (χ1) is 13.7. The van der Waals surface area contributed by atoms with Crippen molar-refractivity contribution in [3.8, 4) is 18.0 Å². The Morgan fingerprint density at radius 2 is 1.69 bits per heavy atom. The fraction of sp³-hybridized carbons (Fsp3) is 0.286. The summed E-state index contributed by atoms with van der Waals surface area (Å²) >= 11 is 0. The maximum atomic E-state index is 12.6. The van der Waals surface area contributed by atoms with Crippen molar-refractivity contribution in [1.82, 2.24) is 9.47 Å². The summed E-state index contributed by atoms with van der Waals surface area (Å²) < 4.78 is 1.08. The van der Waals surface area contributed by atoms with E-state index >= 15 is 0 Å². The van der Waals surface area contributed by atoms with E-state index in [2.05, 4.69) is 0 Å². The second-order valence-corrected chi connectivity index (χ2v) is 6.30. The molecule has 0 spiro atoms. The number of aromatic nitrogens is 1. The van der Waals surface area contributed by atoms with Crippen LogP contribution in [0.5, 0.6) is 5.88 Å². The molecule has 0 saturated heterocycles. The molecule has 148 valence electrons. The van der Waals surface area contributed by atoms with E-state index < -0.39 is 17.4 Å². The number of carbonyl (C=O) groups is 2. The zero-order valence-electron chi connectivity index (χ0n) is 16.6. The Labute approximate surface area is 167 Å². The molecule has 0 aromatic carbocycles. The summed E-state index contributed by atoms with van der Waals surface area (Å²) in [7, 11) is 0. The molecule has 1 N–H and O–H groups in total. The fourth-order valence-electron chi connectivity index (χ4n) is 3.15. The zero-order valence-corrected chi connectivity index (χ0v) is 16.6.